The minimum Gasteiger partial charge on any atom is -0.324 e. The minimum absolute atomic E-state index is 0.0739. The summed E-state index contributed by atoms with van der Waals surface area (Å²) >= 11 is 13.4. The highest BCUT2D eigenvalue weighted by Crippen LogP contribution is 2.33. The van der Waals surface area contributed by atoms with Crippen molar-refractivity contribution in [3.05, 3.63) is 51.8 Å². The SMILES string of the molecule is CCC(=O)Nc1c(Cl)cc(S(=O)(=O)NC(=O)Cc2csc(-c3cnccn3)n2)cc1Cl. The van der Waals surface area contributed by atoms with E-state index in [0.717, 1.165) is 12.1 Å². The quantitative estimate of drug-likeness (QED) is 0.509. The van der Waals surface area contributed by atoms with Gasteiger partial charge in [-0.3, -0.25) is 19.6 Å². The normalized spacial score (nSPS) is 11.2. The molecule has 162 valence electrons. The lowest BCUT2D eigenvalue weighted by atomic mass is 10.3. The summed E-state index contributed by atoms with van der Waals surface area (Å²) in [7, 11) is -4.25. The molecule has 1 aromatic carbocycles. The maximum absolute atomic E-state index is 12.6. The van der Waals surface area contributed by atoms with Crippen LogP contribution in [0.5, 0.6) is 0 Å². The molecule has 3 aromatic rings. The van der Waals surface area contributed by atoms with Gasteiger partial charge in [-0.25, -0.2) is 18.1 Å². The van der Waals surface area contributed by atoms with Gasteiger partial charge in [0, 0.05) is 24.2 Å². The Morgan fingerprint density at radius 3 is 2.45 bits per heavy atom. The fraction of sp³-hybridized carbons (Fsp3) is 0.167. The number of carbonyl (C=O) groups excluding carboxylic acids is 2. The number of sulfonamides is 1. The summed E-state index contributed by atoms with van der Waals surface area (Å²) in [6.45, 7) is 1.64. The Labute approximate surface area is 191 Å². The van der Waals surface area contributed by atoms with Crippen molar-refractivity contribution in [2.45, 2.75) is 24.7 Å². The first-order chi connectivity index (χ1) is 14.7. The lowest BCUT2D eigenvalue weighted by molar-refractivity contribution is -0.119. The summed E-state index contributed by atoms with van der Waals surface area (Å²) in [6, 6.07) is 2.20. The Morgan fingerprint density at radius 2 is 1.84 bits per heavy atom. The zero-order chi connectivity index (χ0) is 22.6. The second-order valence-electron chi connectivity index (χ2n) is 6.10. The van der Waals surface area contributed by atoms with Gasteiger partial charge in [0.15, 0.2) is 0 Å². The van der Waals surface area contributed by atoms with Crippen molar-refractivity contribution in [2.24, 2.45) is 0 Å². The van der Waals surface area contributed by atoms with Crippen molar-refractivity contribution in [3.63, 3.8) is 0 Å². The molecule has 0 aliphatic carbocycles. The molecule has 2 amide bonds. The minimum atomic E-state index is -4.25. The van der Waals surface area contributed by atoms with Gasteiger partial charge in [0.1, 0.15) is 10.7 Å². The molecule has 0 atom stereocenters. The van der Waals surface area contributed by atoms with E-state index in [-0.39, 0.29) is 39.4 Å². The van der Waals surface area contributed by atoms with Gasteiger partial charge in [-0.15, -0.1) is 11.3 Å². The Kier molecular flexibility index (Phi) is 7.21. The number of carbonyl (C=O) groups is 2. The Morgan fingerprint density at radius 1 is 1.13 bits per heavy atom. The lowest BCUT2D eigenvalue weighted by Gasteiger charge is -2.12. The van der Waals surface area contributed by atoms with Crippen LogP contribution in [-0.2, 0) is 26.0 Å². The summed E-state index contributed by atoms with van der Waals surface area (Å²) in [5, 5.41) is 4.54. The zero-order valence-electron chi connectivity index (χ0n) is 15.9. The van der Waals surface area contributed by atoms with E-state index in [1.54, 1.807) is 12.3 Å². The number of benzene rings is 1. The Hall–Kier alpha value is -2.60. The number of nitrogens with zero attached hydrogens (tertiary/aromatic N) is 3. The molecule has 2 heterocycles. The van der Waals surface area contributed by atoms with Crippen LogP contribution < -0.4 is 10.0 Å². The van der Waals surface area contributed by atoms with Crippen molar-refractivity contribution in [1.29, 1.82) is 0 Å². The van der Waals surface area contributed by atoms with Crippen molar-refractivity contribution in [1.82, 2.24) is 19.7 Å². The van der Waals surface area contributed by atoms with Gasteiger partial charge >= 0.3 is 0 Å². The highest BCUT2D eigenvalue weighted by molar-refractivity contribution is 7.90. The molecule has 13 heteroatoms. The topological polar surface area (TPSA) is 131 Å². The maximum Gasteiger partial charge on any atom is 0.264 e. The number of thiazole rings is 1. The van der Waals surface area contributed by atoms with E-state index in [9.17, 15) is 18.0 Å². The predicted molar refractivity (Wildman–Crippen MR) is 118 cm³/mol. The van der Waals surface area contributed by atoms with Crippen LogP contribution in [0.2, 0.25) is 10.0 Å². The zero-order valence-corrected chi connectivity index (χ0v) is 19.1. The predicted octanol–water partition coefficient (Wildman–Crippen LogP) is 3.30. The lowest BCUT2D eigenvalue weighted by Crippen LogP contribution is -2.32. The van der Waals surface area contributed by atoms with Gasteiger partial charge in [0.2, 0.25) is 11.8 Å². The van der Waals surface area contributed by atoms with Crippen LogP contribution in [0.25, 0.3) is 10.7 Å². The van der Waals surface area contributed by atoms with Crippen LogP contribution in [-0.4, -0.2) is 35.2 Å². The van der Waals surface area contributed by atoms with Crippen LogP contribution in [0.3, 0.4) is 0 Å². The number of hydrogen-bond donors (Lipinski definition) is 2. The third kappa shape index (κ3) is 5.76. The summed E-state index contributed by atoms with van der Waals surface area (Å²) in [6.07, 6.45) is 4.51. The smallest absolute Gasteiger partial charge is 0.264 e. The van der Waals surface area contributed by atoms with Gasteiger partial charge in [0.25, 0.3) is 10.0 Å². The van der Waals surface area contributed by atoms with E-state index in [2.05, 4.69) is 20.3 Å². The molecule has 0 aliphatic heterocycles. The van der Waals surface area contributed by atoms with Crippen molar-refractivity contribution >= 4 is 62.1 Å². The molecule has 2 aromatic heterocycles. The monoisotopic (exact) mass is 499 g/mol. The van der Waals surface area contributed by atoms with Crippen LogP contribution in [0.4, 0.5) is 5.69 Å². The van der Waals surface area contributed by atoms with E-state index in [1.807, 2.05) is 4.72 Å². The van der Waals surface area contributed by atoms with E-state index in [0.29, 0.717) is 16.4 Å². The van der Waals surface area contributed by atoms with Crippen LogP contribution in [0, 0.1) is 0 Å². The highest BCUT2D eigenvalue weighted by atomic mass is 35.5. The molecule has 31 heavy (non-hydrogen) atoms. The summed E-state index contributed by atoms with van der Waals surface area (Å²) in [5.74, 6) is -1.12. The standard InChI is InChI=1S/C18H15Cl2N5O4S2/c1-2-15(26)24-17-12(19)6-11(7-13(17)20)31(28,29)25-16(27)5-10-9-30-18(23-10)14-8-21-3-4-22-14/h3-4,6-9H,2,5H2,1H3,(H,24,26)(H,25,27). The van der Waals surface area contributed by atoms with Gasteiger partial charge in [-0.1, -0.05) is 30.1 Å². The van der Waals surface area contributed by atoms with Crippen LogP contribution in [0.1, 0.15) is 19.0 Å². The molecule has 0 radical (unpaired) electrons. The number of amides is 2. The molecule has 9 nitrogen and oxygen atoms in total. The second kappa shape index (κ2) is 9.69. The summed E-state index contributed by atoms with van der Waals surface area (Å²) in [5.41, 5.74) is 1.03. The van der Waals surface area contributed by atoms with E-state index in [4.69, 9.17) is 23.2 Å². The second-order valence-corrected chi connectivity index (χ2v) is 9.46. The molecule has 0 saturated carbocycles. The number of halogens is 2. The molecule has 0 fully saturated rings. The van der Waals surface area contributed by atoms with Crippen molar-refractivity contribution in [3.8, 4) is 10.7 Å². The fourth-order valence-corrected chi connectivity index (χ4v) is 4.90. The third-order valence-corrected chi connectivity index (χ3v) is 6.70. The fourth-order valence-electron chi connectivity index (χ4n) is 2.38. The maximum atomic E-state index is 12.6. The average Bonchev–Trinajstić information content (AvgIpc) is 3.18. The molecular formula is C18H15Cl2N5O4S2. The Balaban J connectivity index is 1.73. The molecule has 2 N–H and O–H groups in total. The summed E-state index contributed by atoms with van der Waals surface area (Å²) < 4.78 is 27.1. The average molecular weight is 500 g/mol. The first kappa shape index (κ1) is 23.1. The number of anilines is 1. The van der Waals surface area contributed by atoms with Crippen molar-refractivity contribution < 1.29 is 18.0 Å². The number of rotatable bonds is 7. The van der Waals surface area contributed by atoms with Gasteiger partial charge < -0.3 is 5.32 Å². The Bertz CT molecular complexity index is 1210. The van der Waals surface area contributed by atoms with E-state index in [1.165, 1.54) is 29.9 Å². The molecule has 0 saturated heterocycles. The molecular weight excluding hydrogens is 485 g/mol. The largest absolute Gasteiger partial charge is 0.324 e. The van der Waals surface area contributed by atoms with Gasteiger partial charge in [-0.05, 0) is 12.1 Å². The van der Waals surface area contributed by atoms with E-state index >= 15 is 0 Å². The van der Waals surface area contributed by atoms with Crippen LogP contribution >= 0.6 is 34.5 Å². The first-order valence-electron chi connectivity index (χ1n) is 8.75. The molecule has 0 bridgehead atoms. The molecule has 3 rings (SSSR count). The van der Waals surface area contributed by atoms with Crippen molar-refractivity contribution in [2.75, 3.05) is 5.32 Å². The van der Waals surface area contributed by atoms with Crippen LogP contribution in [0.15, 0.2) is 41.0 Å². The number of nitrogens with one attached hydrogen (secondary N) is 2. The summed E-state index contributed by atoms with van der Waals surface area (Å²) in [4.78, 5) is 35.9. The number of aromatic nitrogens is 3. The number of hydrogen-bond acceptors (Lipinski definition) is 8. The van der Waals surface area contributed by atoms with E-state index < -0.39 is 15.9 Å². The van der Waals surface area contributed by atoms with Gasteiger partial charge in [-0.2, -0.15) is 0 Å². The molecule has 0 aliphatic rings. The molecule has 0 spiro atoms. The highest BCUT2D eigenvalue weighted by Gasteiger charge is 2.22. The molecule has 0 unspecified atom stereocenters. The van der Waals surface area contributed by atoms with Gasteiger partial charge in [0.05, 0.1) is 38.9 Å². The third-order valence-electron chi connectivity index (χ3n) is 3.84. The first-order valence-corrected chi connectivity index (χ1v) is 11.9.